The Kier molecular flexibility index (Phi) is 8.08. The summed E-state index contributed by atoms with van der Waals surface area (Å²) in [7, 11) is -7.40. The second kappa shape index (κ2) is 10.6. The molecule has 12 heteroatoms. The number of hydrogen-bond acceptors (Lipinski definition) is 6. The molecule has 10 nitrogen and oxygen atoms in total. The number of rotatable bonds is 8. The van der Waals surface area contributed by atoms with Gasteiger partial charge in [-0.25, -0.2) is 21.6 Å². The third kappa shape index (κ3) is 6.63. The van der Waals surface area contributed by atoms with Crippen molar-refractivity contribution in [3.05, 3.63) is 48.5 Å². The molecule has 1 fully saturated rings. The van der Waals surface area contributed by atoms with Crippen LogP contribution in [0.5, 0.6) is 0 Å². The van der Waals surface area contributed by atoms with Gasteiger partial charge in [0, 0.05) is 44.9 Å². The Morgan fingerprint density at radius 3 is 1.68 bits per heavy atom. The van der Waals surface area contributed by atoms with E-state index in [1.165, 1.54) is 54.6 Å². The van der Waals surface area contributed by atoms with E-state index in [0.717, 1.165) is 0 Å². The van der Waals surface area contributed by atoms with Gasteiger partial charge in [0.1, 0.15) is 0 Å². The van der Waals surface area contributed by atoms with Crippen LogP contribution in [0.15, 0.2) is 58.3 Å². The fraction of sp³-hybridized carbons (Fsp3) is 0.364. The molecular formula is C22H28N4O6S2. The number of benzene rings is 2. The van der Waals surface area contributed by atoms with Crippen LogP contribution in [0.1, 0.15) is 26.7 Å². The van der Waals surface area contributed by atoms with Gasteiger partial charge in [-0.1, -0.05) is 0 Å². The minimum Gasteiger partial charge on any atom is -0.326 e. The Morgan fingerprint density at radius 1 is 0.794 bits per heavy atom. The van der Waals surface area contributed by atoms with Crippen molar-refractivity contribution in [2.75, 3.05) is 30.3 Å². The van der Waals surface area contributed by atoms with Gasteiger partial charge in [0.25, 0.3) is 0 Å². The van der Waals surface area contributed by atoms with Gasteiger partial charge in [0.15, 0.2) is 0 Å². The third-order valence-electron chi connectivity index (χ3n) is 5.43. The van der Waals surface area contributed by atoms with Crippen LogP contribution in [0.3, 0.4) is 0 Å². The summed E-state index contributed by atoms with van der Waals surface area (Å²) in [5, 5.41) is 5.18. The van der Waals surface area contributed by atoms with E-state index in [-0.39, 0.29) is 47.2 Å². The largest absolute Gasteiger partial charge is 0.326 e. The van der Waals surface area contributed by atoms with Crippen molar-refractivity contribution in [2.24, 2.45) is 5.92 Å². The van der Waals surface area contributed by atoms with E-state index in [9.17, 15) is 26.4 Å². The van der Waals surface area contributed by atoms with Crippen LogP contribution >= 0.6 is 0 Å². The van der Waals surface area contributed by atoms with E-state index in [1.807, 2.05) is 0 Å². The molecule has 1 aliphatic heterocycles. The lowest BCUT2D eigenvalue weighted by Gasteiger charge is -2.31. The van der Waals surface area contributed by atoms with Gasteiger partial charge in [0.05, 0.1) is 9.79 Å². The second-order valence-corrected chi connectivity index (χ2v) is 11.8. The molecular weight excluding hydrogens is 480 g/mol. The summed E-state index contributed by atoms with van der Waals surface area (Å²) in [6.45, 7) is 3.52. The Morgan fingerprint density at radius 2 is 1.24 bits per heavy atom. The Labute approximate surface area is 199 Å². The fourth-order valence-corrected chi connectivity index (χ4v) is 6.23. The van der Waals surface area contributed by atoms with Crippen molar-refractivity contribution in [2.45, 2.75) is 36.5 Å². The minimum absolute atomic E-state index is 0.00187. The van der Waals surface area contributed by atoms with E-state index >= 15 is 0 Å². The normalized spacial score (nSPS) is 15.6. The number of hydrogen-bond donors (Lipinski definition) is 3. The number of anilines is 2. The summed E-state index contributed by atoms with van der Waals surface area (Å²) in [6.07, 6.45) is 1.04. The minimum atomic E-state index is -3.73. The zero-order valence-electron chi connectivity index (χ0n) is 18.9. The number of carbonyl (C=O) groups excluding carboxylic acids is 2. The zero-order chi connectivity index (χ0) is 24.9. The lowest BCUT2D eigenvalue weighted by atomic mass is 9.99. The Balaban J connectivity index is 1.54. The molecule has 2 aromatic carbocycles. The second-order valence-electron chi connectivity index (χ2n) is 8.11. The summed E-state index contributed by atoms with van der Waals surface area (Å²) < 4.78 is 55.0. The SMILES string of the molecule is CC(=O)Nc1ccc(S(=O)(=O)NCC2CCN(S(=O)(=O)c3ccc(NC(C)=O)cc3)CC2)cc1. The van der Waals surface area contributed by atoms with Gasteiger partial charge in [-0.2, -0.15) is 4.31 Å². The highest BCUT2D eigenvalue weighted by atomic mass is 32.2. The van der Waals surface area contributed by atoms with Crippen molar-refractivity contribution >= 4 is 43.2 Å². The van der Waals surface area contributed by atoms with Gasteiger partial charge < -0.3 is 10.6 Å². The van der Waals surface area contributed by atoms with Gasteiger partial charge in [0.2, 0.25) is 31.9 Å². The molecule has 34 heavy (non-hydrogen) atoms. The molecule has 3 rings (SSSR count). The van der Waals surface area contributed by atoms with Crippen molar-refractivity contribution < 1.29 is 26.4 Å². The van der Waals surface area contributed by atoms with Crippen LogP contribution in [-0.4, -0.2) is 52.6 Å². The number of nitrogens with zero attached hydrogens (tertiary/aromatic N) is 1. The molecule has 3 N–H and O–H groups in total. The number of piperidine rings is 1. The van der Waals surface area contributed by atoms with E-state index < -0.39 is 20.0 Å². The number of carbonyl (C=O) groups is 2. The summed E-state index contributed by atoms with van der Waals surface area (Å²) in [4.78, 5) is 22.4. The first-order valence-electron chi connectivity index (χ1n) is 10.7. The van der Waals surface area contributed by atoms with E-state index in [1.54, 1.807) is 12.1 Å². The molecule has 0 aromatic heterocycles. The standard InChI is InChI=1S/C22H28N4O6S2/c1-16(27)24-19-3-7-21(8-4-19)33(29,30)23-15-18-11-13-26(14-12-18)34(31,32)22-9-5-20(6-10-22)25-17(2)28/h3-10,18,23H,11-15H2,1-2H3,(H,24,27)(H,25,28). The lowest BCUT2D eigenvalue weighted by Crippen LogP contribution is -2.41. The van der Waals surface area contributed by atoms with Crippen LogP contribution in [0, 0.1) is 5.92 Å². The van der Waals surface area contributed by atoms with Crippen LogP contribution in [-0.2, 0) is 29.6 Å². The van der Waals surface area contributed by atoms with Gasteiger partial charge in [-0.3, -0.25) is 9.59 Å². The number of sulfonamides is 2. The quantitative estimate of drug-likeness (QED) is 0.498. The highest BCUT2D eigenvalue weighted by Gasteiger charge is 2.30. The third-order valence-corrected chi connectivity index (χ3v) is 8.79. The van der Waals surface area contributed by atoms with E-state index in [0.29, 0.717) is 24.2 Å². The Hall–Kier alpha value is -2.80. The molecule has 184 valence electrons. The van der Waals surface area contributed by atoms with E-state index in [4.69, 9.17) is 0 Å². The maximum Gasteiger partial charge on any atom is 0.243 e. The first-order chi connectivity index (χ1) is 16.0. The van der Waals surface area contributed by atoms with Crippen molar-refractivity contribution in [3.63, 3.8) is 0 Å². The first-order valence-corrected chi connectivity index (χ1v) is 13.6. The average molecular weight is 509 g/mol. The Bertz CT molecular complexity index is 1240. The van der Waals surface area contributed by atoms with Crippen molar-refractivity contribution in [1.29, 1.82) is 0 Å². The van der Waals surface area contributed by atoms with Crippen molar-refractivity contribution in [1.82, 2.24) is 9.03 Å². The number of nitrogens with one attached hydrogen (secondary N) is 3. The molecule has 0 unspecified atom stereocenters. The molecule has 1 heterocycles. The monoisotopic (exact) mass is 508 g/mol. The number of amides is 2. The summed E-state index contributed by atoms with van der Waals surface area (Å²) >= 11 is 0. The van der Waals surface area contributed by atoms with Crippen molar-refractivity contribution in [3.8, 4) is 0 Å². The average Bonchev–Trinajstić information content (AvgIpc) is 2.78. The summed E-state index contributed by atoms with van der Waals surface area (Å²) in [5.41, 5.74) is 1.02. The van der Waals surface area contributed by atoms with Crippen LogP contribution in [0.4, 0.5) is 11.4 Å². The first kappa shape index (κ1) is 25.8. The molecule has 0 saturated carbocycles. The summed E-state index contributed by atoms with van der Waals surface area (Å²) in [5.74, 6) is -0.485. The predicted octanol–water partition coefficient (Wildman–Crippen LogP) is 1.98. The van der Waals surface area contributed by atoms with Gasteiger partial charge in [-0.15, -0.1) is 0 Å². The highest BCUT2D eigenvalue weighted by Crippen LogP contribution is 2.25. The molecule has 0 spiro atoms. The lowest BCUT2D eigenvalue weighted by molar-refractivity contribution is -0.115. The van der Waals surface area contributed by atoms with Gasteiger partial charge >= 0.3 is 0 Å². The van der Waals surface area contributed by atoms with Crippen LogP contribution in [0.2, 0.25) is 0 Å². The van der Waals surface area contributed by atoms with Crippen LogP contribution in [0.25, 0.3) is 0 Å². The molecule has 0 aliphatic carbocycles. The smallest absolute Gasteiger partial charge is 0.243 e. The molecule has 1 aliphatic rings. The molecule has 0 radical (unpaired) electrons. The highest BCUT2D eigenvalue weighted by molar-refractivity contribution is 7.89. The molecule has 1 saturated heterocycles. The van der Waals surface area contributed by atoms with E-state index in [2.05, 4.69) is 15.4 Å². The molecule has 2 aromatic rings. The molecule has 0 atom stereocenters. The maximum absolute atomic E-state index is 12.9. The van der Waals surface area contributed by atoms with Gasteiger partial charge in [-0.05, 0) is 67.3 Å². The molecule has 2 amide bonds. The predicted molar refractivity (Wildman–Crippen MR) is 128 cm³/mol. The summed E-state index contributed by atoms with van der Waals surface area (Å²) in [6, 6.07) is 11.9. The van der Waals surface area contributed by atoms with Crippen LogP contribution < -0.4 is 15.4 Å². The zero-order valence-corrected chi connectivity index (χ0v) is 20.6. The fourth-order valence-electron chi connectivity index (χ4n) is 3.65. The molecule has 0 bridgehead atoms. The maximum atomic E-state index is 12.9. The topological polar surface area (TPSA) is 142 Å².